The fraction of sp³-hybridized carbons (Fsp3) is 0.318. The summed E-state index contributed by atoms with van der Waals surface area (Å²) in [5.74, 6) is -0.0267. The van der Waals surface area contributed by atoms with Crippen LogP contribution in [0.5, 0.6) is 0 Å². The molecule has 4 nitrogen and oxygen atoms in total. The van der Waals surface area contributed by atoms with Gasteiger partial charge in [-0.3, -0.25) is 4.79 Å². The molecule has 4 heteroatoms. The Hall–Kier alpha value is -2.59. The third kappa shape index (κ3) is 3.37. The second-order valence-corrected chi connectivity index (χ2v) is 6.80. The van der Waals surface area contributed by atoms with Crippen LogP contribution in [0.25, 0.3) is 0 Å². The van der Waals surface area contributed by atoms with Gasteiger partial charge in [0.15, 0.2) is 0 Å². The number of hydrogen-bond donors (Lipinski definition) is 1. The van der Waals surface area contributed by atoms with E-state index in [1.807, 2.05) is 30.1 Å². The molecule has 0 aliphatic carbocycles. The van der Waals surface area contributed by atoms with Crippen LogP contribution in [0.4, 0.5) is 11.4 Å². The third-order valence-electron chi connectivity index (χ3n) is 5.07. The van der Waals surface area contributed by atoms with Crippen molar-refractivity contribution in [2.24, 2.45) is 5.73 Å². The monoisotopic (exact) mass is 349 g/mol. The normalized spacial score (nSPS) is 20.8. The third-order valence-corrected chi connectivity index (χ3v) is 5.07. The Bertz CT molecular complexity index is 791. The van der Waals surface area contributed by atoms with Crippen molar-refractivity contribution in [2.45, 2.75) is 32.2 Å². The number of nitrogens with zero attached hydrogens (tertiary/aromatic N) is 2. The number of para-hydroxylation sites is 1. The first-order chi connectivity index (χ1) is 12.6. The van der Waals surface area contributed by atoms with Gasteiger partial charge in [-0.15, -0.1) is 0 Å². The van der Waals surface area contributed by atoms with E-state index in [-0.39, 0.29) is 5.91 Å². The minimum Gasteiger partial charge on any atom is -0.344 e. The molecule has 2 aliphatic heterocycles. The molecule has 0 bridgehead atoms. The Kier molecular flexibility index (Phi) is 5.43. The molecule has 1 aromatic carbocycles. The number of carbonyl (C=O) groups excluding carboxylic acids is 1. The number of benzene rings is 1. The number of rotatable bonds is 5. The Morgan fingerprint density at radius 1 is 1.42 bits per heavy atom. The summed E-state index contributed by atoms with van der Waals surface area (Å²) in [5, 5.41) is 0. The molecule has 26 heavy (non-hydrogen) atoms. The molecule has 0 aromatic heterocycles. The van der Waals surface area contributed by atoms with Crippen LogP contribution >= 0.6 is 0 Å². The van der Waals surface area contributed by atoms with E-state index < -0.39 is 6.04 Å². The molecule has 1 unspecified atom stereocenters. The van der Waals surface area contributed by atoms with Crippen molar-refractivity contribution < 1.29 is 4.79 Å². The van der Waals surface area contributed by atoms with Crippen LogP contribution in [0, 0.1) is 0 Å². The highest BCUT2D eigenvalue weighted by atomic mass is 16.2. The van der Waals surface area contributed by atoms with E-state index in [9.17, 15) is 4.79 Å². The highest BCUT2D eigenvalue weighted by Gasteiger charge is 2.34. The maximum atomic E-state index is 13.0. The maximum Gasteiger partial charge on any atom is 0.244 e. The lowest BCUT2D eigenvalue weighted by molar-refractivity contribution is -0.120. The Balaban J connectivity index is 2.06. The van der Waals surface area contributed by atoms with Crippen molar-refractivity contribution in [3.05, 3.63) is 72.5 Å². The van der Waals surface area contributed by atoms with E-state index >= 15 is 0 Å². The van der Waals surface area contributed by atoms with Crippen LogP contribution in [0.3, 0.4) is 0 Å². The van der Waals surface area contributed by atoms with Gasteiger partial charge in [0.25, 0.3) is 0 Å². The van der Waals surface area contributed by atoms with Crippen molar-refractivity contribution in [3.8, 4) is 0 Å². The largest absolute Gasteiger partial charge is 0.344 e. The molecule has 2 heterocycles. The summed E-state index contributed by atoms with van der Waals surface area (Å²) < 4.78 is 0. The molecule has 1 amide bonds. The predicted molar refractivity (Wildman–Crippen MR) is 109 cm³/mol. The van der Waals surface area contributed by atoms with E-state index in [1.165, 1.54) is 0 Å². The van der Waals surface area contributed by atoms with Crippen molar-refractivity contribution in [3.63, 3.8) is 0 Å². The summed E-state index contributed by atoms with van der Waals surface area (Å²) in [6.45, 7) is 11.3. The average Bonchev–Trinajstić information content (AvgIpc) is 3.07. The molecule has 2 aliphatic rings. The minimum atomic E-state index is -0.499. The smallest absolute Gasteiger partial charge is 0.244 e. The molecule has 136 valence electrons. The van der Waals surface area contributed by atoms with E-state index in [2.05, 4.69) is 36.3 Å². The quantitative estimate of drug-likeness (QED) is 0.825. The summed E-state index contributed by atoms with van der Waals surface area (Å²) in [6, 6.07) is 5.71. The molecule has 1 atom stereocenters. The Morgan fingerprint density at radius 3 is 2.88 bits per heavy atom. The zero-order valence-corrected chi connectivity index (χ0v) is 15.4. The summed E-state index contributed by atoms with van der Waals surface area (Å²) in [6.07, 6.45) is 10.3. The zero-order chi connectivity index (χ0) is 18.7. The Morgan fingerprint density at radius 2 is 2.23 bits per heavy atom. The van der Waals surface area contributed by atoms with E-state index in [1.54, 1.807) is 6.08 Å². The molecule has 0 spiro atoms. The van der Waals surface area contributed by atoms with Crippen molar-refractivity contribution >= 4 is 17.3 Å². The predicted octanol–water partition coefficient (Wildman–Crippen LogP) is 3.71. The number of carbonyl (C=O) groups is 1. The fourth-order valence-corrected chi connectivity index (χ4v) is 3.70. The average molecular weight is 349 g/mol. The molecular formula is C22H27N3O. The number of nitrogens with two attached hydrogens (primary N) is 1. The van der Waals surface area contributed by atoms with Gasteiger partial charge in [-0.1, -0.05) is 49.6 Å². The highest BCUT2D eigenvalue weighted by Crippen LogP contribution is 2.40. The molecule has 3 rings (SSSR count). The maximum absolute atomic E-state index is 13.0. The number of anilines is 2. The summed E-state index contributed by atoms with van der Waals surface area (Å²) in [5.41, 5.74) is 11.5. The van der Waals surface area contributed by atoms with Gasteiger partial charge in [-0.25, -0.2) is 0 Å². The van der Waals surface area contributed by atoms with E-state index in [0.29, 0.717) is 13.0 Å². The molecule has 2 N–H and O–H groups in total. The van der Waals surface area contributed by atoms with Gasteiger partial charge < -0.3 is 15.5 Å². The molecule has 1 fully saturated rings. The SMILES string of the molecule is C=C/C=C\C(=C/C)CN1C(=O)C(N)Cc2cccc(N3CCCC3=C)c21. The molecular weight excluding hydrogens is 322 g/mol. The molecule has 0 radical (unpaired) electrons. The lowest BCUT2D eigenvalue weighted by Gasteiger charge is -2.37. The number of fused-ring (bicyclic) bond motifs is 1. The topological polar surface area (TPSA) is 49.6 Å². The fourth-order valence-electron chi connectivity index (χ4n) is 3.70. The van der Waals surface area contributed by atoms with Gasteiger partial charge in [-0.05, 0) is 43.4 Å². The first-order valence-electron chi connectivity index (χ1n) is 9.15. The summed E-state index contributed by atoms with van der Waals surface area (Å²) in [4.78, 5) is 17.0. The van der Waals surface area contributed by atoms with Gasteiger partial charge in [0.2, 0.25) is 5.91 Å². The standard InChI is InChI=1S/C22H27N3O/c1-4-6-10-17(5-2)15-25-21-18(14-19(23)22(25)26)11-7-12-20(21)24-13-8-9-16(24)3/h4-7,10-12,19H,1,3,8-9,13-15,23H2,2H3/b10-6-,17-5+. The van der Waals surface area contributed by atoms with E-state index in [4.69, 9.17) is 5.73 Å². The highest BCUT2D eigenvalue weighted by molar-refractivity contribution is 6.04. The van der Waals surface area contributed by atoms with Crippen molar-refractivity contribution in [2.75, 3.05) is 22.9 Å². The first-order valence-corrected chi connectivity index (χ1v) is 9.15. The summed E-state index contributed by atoms with van der Waals surface area (Å²) in [7, 11) is 0. The van der Waals surface area contributed by atoms with Gasteiger partial charge in [-0.2, -0.15) is 0 Å². The lowest BCUT2D eigenvalue weighted by Crippen LogP contribution is -2.50. The van der Waals surface area contributed by atoms with Gasteiger partial charge in [0.1, 0.15) is 0 Å². The number of allylic oxidation sites excluding steroid dienone is 4. The number of hydrogen-bond acceptors (Lipinski definition) is 3. The first kappa shape index (κ1) is 18.2. The van der Waals surface area contributed by atoms with Crippen molar-refractivity contribution in [1.29, 1.82) is 0 Å². The second-order valence-electron chi connectivity index (χ2n) is 6.80. The van der Waals surface area contributed by atoms with E-state index in [0.717, 1.165) is 47.6 Å². The van der Waals surface area contributed by atoms with Crippen LogP contribution in [-0.4, -0.2) is 25.0 Å². The zero-order valence-electron chi connectivity index (χ0n) is 15.4. The van der Waals surface area contributed by atoms with Crippen LogP contribution in [0.15, 0.2) is 66.9 Å². The molecule has 0 saturated carbocycles. The van der Waals surface area contributed by atoms with Gasteiger partial charge in [0.05, 0.1) is 24.0 Å². The summed E-state index contributed by atoms with van der Waals surface area (Å²) >= 11 is 0. The van der Waals surface area contributed by atoms with Gasteiger partial charge in [0, 0.05) is 12.2 Å². The van der Waals surface area contributed by atoms with Crippen LogP contribution in [-0.2, 0) is 11.2 Å². The van der Waals surface area contributed by atoms with Crippen LogP contribution < -0.4 is 15.5 Å². The van der Waals surface area contributed by atoms with Crippen LogP contribution in [0.1, 0.15) is 25.3 Å². The lowest BCUT2D eigenvalue weighted by atomic mass is 9.95. The Labute approximate surface area is 156 Å². The van der Waals surface area contributed by atoms with Crippen LogP contribution in [0.2, 0.25) is 0 Å². The second kappa shape index (κ2) is 7.75. The van der Waals surface area contributed by atoms with Gasteiger partial charge >= 0.3 is 0 Å². The molecule has 1 aromatic rings. The number of amides is 1. The van der Waals surface area contributed by atoms with Crippen molar-refractivity contribution in [1.82, 2.24) is 0 Å². The minimum absolute atomic E-state index is 0.0267. The molecule has 1 saturated heterocycles.